The fraction of sp³-hybridized carbons (Fsp3) is 0.0588. The molecule has 0 atom stereocenters. The van der Waals surface area contributed by atoms with E-state index in [-0.39, 0.29) is 26.2 Å². The molecule has 0 aromatic heterocycles. The second-order valence-corrected chi connectivity index (χ2v) is 8.78. The predicted molar refractivity (Wildman–Crippen MR) is 158 cm³/mol. The third-order valence-corrected chi connectivity index (χ3v) is 4.78. The Balaban J connectivity index is 0.000000231. The third-order valence-electron chi connectivity index (χ3n) is 4.78. The van der Waals surface area contributed by atoms with E-state index in [1.54, 1.807) is 0 Å². The maximum Gasteiger partial charge on any atom is 4.00 e. The molecule has 0 nitrogen and oxygen atoms in total. The Bertz CT molecular complexity index is 1140. The summed E-state index contributed by atoms with van der Waals surface area (Å²) in [6.07, 6.45) is 0. The summed E-state index contributed by atoms with van der Waals surface area (Å²) in [5.41, 5.74) is 2.14. The molecule has 6 aromatic carbocycles. The Labute approximate surface area is 239 Å². The van der Waals surface area contributed by atoms with Gasteiger partial charge in [-0.05, 0) is 0 Å². The first-order chi connectivity index (χ1) is 17.1. The van der Waals surface area contributed by atoms with Crippen LogP contribution in [0.2, 0.25) is 13.1 Å². The van der Waals surface area contributed by atoms with Gasteiger partial charge >= 0.3 is 26.2 Å². The molecule has 36 heavy (non-hydrogen) atoms. The van der Waals surface area contributed by atoms with Crippen LogP contribution in [0.25, 0.3) is 21.5 Å². The van der Waals surface area contributed by atoms with Gasteiger partial charge in [-0.1, -0.05) is 37.4 Å². The monoisotopic (exact) mass is 560 g/mol. The zero-order valence-electron chi connectivity index (χ0n) is 21.3. The summed E-state index contributed by atoms with van der Waals surface area (Å²) in [7, 11) is 1.08. The first kappa shape index (κ1) is 31.0. The van der Waals surface area contributed by atoms with E-state index >= 15 is 0 Å². The Morgan fingerprint density at radius 2 is 0.778 bits per heavy atom. The smallest absolute Gasteiger partial charge is 0.199 e. The minimum absolute atomic E-state index is 0. The molecule has 0 unspecified atom stereocenters. The van der Waals surface area contributed by atoms with E-state index in [0.29, 0.717) is 0 Å². The number of hydrogen-bond acceptors (Lipinski definition) is 0. The molecule has 0 amide bonds. The van der Waals surface area contributed by atoms with Crippen molar-refractivity contribution in [2.75, 3.05) is 0 Å². The zero-order chi connectivity index (χ0) is 25.1. The van der Waals surface area contributed by atoms with Crippen molar-refractivity contribution in [2.24, 2.45) is 0 Å². The fourth-order valence-electron chi connectivity index (χ4n) is 3.10. The summed E-state index contributed by atoms with van der Waals surface area (Å²) >= 11 is 0. The summed E-state index contributed by atoms with van der Waals surface area (Å²) in [6, 6.07) is 49.1. The van der Waals surface area contributed by atoms with E-state index in [1.807, 2.05) is 60.7 Å². The molecule has 0 spiro atoms. The van der Waals surface area contributed by atoms with Crippen LogP contribution in [0.1, 0.15) is 11.1 Å². The second-order valence-electron chi connectivity index (χ2n) is 7.78. The molecule has 6 aromatic rings. The van der Waals surface area contributed by atoms with Gasteiger partial charge in [-0.25, -0.2) is 0 Å². The molecule has 0 saturated carbocycles. The minimum atomic E-state index is 0. The summed E-state index contributed by atoms with van der Waals surface area (Å²) in [6.45, 7) is 11.7. The molecule has 0 aliphatic heterocycles. The first-order valence-electron chi connectivity index (χ1n) is 11.7. The van der Waals surface area contributed by atoms with E-state index in [2.05, 4.69) is 112 Å². The van der Waals surface area contributed by atoms with Crippen LogP contribution >= 0.6 is 0 Å². The topological polar surface area (TPSA) is 0 Å². The molecule has 2 heteroatoms. The van der Waals surface area contributed by atoms with Crippen LogP contribution in [-0.4, -0.2) is 9.52 Å². The predicted octanol–water partition coefficient (Wildman–Crippen LogP) is 9.64. The molecule has 0 bridgehead atoms. The van der Waals surface area contributed by atoms with Gasteiger partial charge in [-0.15, -0.1) is 83.6 Å². The van der Waals surface area contributed by atoms with Crippen LogP contribution in [-0.2, 0) is 26.2 Å². The Morgan fingerprint density at radius 3 is 1.06 bits per heavy atom. The van der Waals surface area contributed by atoms with Crippen molar-refractivity contribution in [3.05, 3.63) is 171 Å². The van der Waals surface area contributed by atoms with E-state index in [4.69, 9.17) is 0 Å². The molecule has 0 heterocycles. The zero-order valence-corrected chi connectivity index (χ0v) is 24.7. The molecule has 0 fully saturated rings. The van der Waals surface area contributed by atoms with Gasteiger partial charge in [0.05, 0.1) is 0 Å². The van der Waals surface area contributed by atoms with Gasteiger partial charge < -0.3 is 0 Å². The maximum absolute atomic E-state index is 3.72. The van der Waals surface area contributed by atoms with Gasteiger partial charge in [0.2, 0.25) is 0 Å². The van der Waals surface area contributed by atoms with Crippen LogP contribution < -0.4 is 0 Å². The molecule has 0 aliphatic carbocycles. The Morgan fingerprint density at radius 1 is 0.472 bits per heavy atom. The molecule has 0 aliphatic rings. The standard InChI is InChI=1S/2C9H7.2C7H7.C2H6Si.Zr/c2*1-2-5-9-7-3-6-8(9)4-1;2*1-7-5-3-2-4-6-7;1-3-2;/h2*1-7H;2*2-6H,1H2;1-2H3;/q4*-1;;+4. The third kappa shape index (κ3) is 12.6. The van der Waals surface area contributed by atoms with Crippen molar-refractivity contribution in [3.63, 3.8) is 0 Å². The van der Waals surface area contributed by atoms with E-state index in [9.17, 15) is 0 Å². The van der Waals surface area contributed by atoms with Crippen LogP contribution in [0.3, 0.4) is 0 Å². The van der Waals surface area contributed by atoms with E-state index in [0.717, 1.165) is 20.6 Å². The van der Waals surface area contributed by atoms with Gasteiger partial charge in [-0.2, -0.15) is 84.3 Å². The Hall–Kier alpha value is -3.06. The SMILES string of the molecule is C[Si]C.[CH2-]c1ccccc1.[CH2-]c1ccccc1.[Zr+4].c1ccc2[cH-]ccc2c1.c1ccc2[cH-]ccc2c1. The van der Waals surface area contributed by atoms with Crippen molar-refractivity contribution < 1.29 is 26.2 Å². The molecular weight excluding hydrogens is 528 g/mol. The molecule has 0 N–H and O–H groups in total. The van der Waals surface area contributed by atoms with Crippen molar-refractivity contribution in [1.29, 1.82) is 0 Å². The summed E-state index contributed by atoms with van der Waals surface area (Å²) in [5.74, 6) is 0. The minimum Gasteiger partial charge on any atom is -0.199 e. The molecule has 178 valence electrons. The number of hydrogen-bond donors (Lipinski definition) is 0. The Kier molecular flexibility index (Phi) is 16.5. The largest absolute Gasteiger partial charge is 4.00 e. The number of benzene rings is 4. The number of rotatable bonds is 0. The quantitative estimate of drug-likeness (QED) is 0.128. The van der Waals surface area contributed by atoms with E-state index < -0.39 is 0 Å². The van der Waals surface area contributed by atoms with Gasteiger partial charge in [-0.3, -0.25) is 0 Å². The maximum atomic E-state index is 3.72. The number of fused-ring (bicyclic) bond motifs is 2. The van der Waals surface area contributed by atoms with Gasteiger partial charge in [0.15, 0.2) is 0 Å². The average Bonchev–Trinajstić information content (AvgIpc) is 3.56. The normalized spacial score (nSPS) is 8.94. The van der Waals surface area contributed by atoms with Crippen molar-refractivity contribution in [2.45, 2.75) is 13.1 Å². The van der Waals surface area contributed by atoms with Crippen LogP contribution in [0.15, 0.2) is 146 Å². The van der Waals surface area contributed by atoms with Crippen LogP contribution in [0.5, 0.6) is 0 Å². The van der Waals surface area contributed by atoms with Crippen molar-refractivity contribution in [1.82, 2.24) is 0 Å². The van der Waals surface area contributed by atoms with Gasteiger partial charge in [0.25, 0.3) is 0 Å². The van der Waals surface area contributed by atoms with Crippen molar-refractivity contribution in [3.8, 4) is 0 Å². The second kappa shape index (κ2) is 19.2. The molecule has 2 radical (unpaired) electrons. The van der Waals surface area contributed by atoms with E-state index in [1.165, 1.54) is 21.5 Å². The van der Waals surface area contributed by atoms with Crippen LogP contribution in [0, 0.1) is 13.8 Å². The van der Waals surface area contributed by atoms with Gasteiger partial charge in [0.1, 0.15) is 0 Å². The van der Waals surface area contributed by atoms with Gasteiger partial charge in [0, 0.05) is 9.52 Å². The van der Waals surface area contributed by atoms with Crippen molar-refractivity contribution >= 4 is 31.1 Å². The fourth-order valence-corrected chi connectivity index (χ4v) is 3.10. The summed E-state index contributed by atoms with van der Waals surface area (Å²) in [4.78, 5) is 0. The first-order valence-corrected chi connectivity index (χ1v) is 13.7. The van der Waals surface area contributed by atoms with Crippen LogP contribution in [0.4, 0.5) is 0 Å². The summed E-state index contributed by atoms with van der Waals surface area (Å²) in [5, 5.41) is 5.32. The molecular formula is C34H34SiZr. The average molecular weight is 562 g/mol. The summed E-state index contributed by atoms with van der Waals surface area (Å²) < 4.78 is 0. The molecule has 0 saturated heterocycles. The molecule has 6 rings (SSSR count).